The highest BCUT2D eigenvalue weighted by molar-refractivity contribution is 5.91. The summed E-state index contributed by atoms with van der Waals surface area (Å²) in [4.78, 5) is 23.6. The standard InChI is InChI=1S/C20H21F3N6O/c21-20(22,23)13-3-1-2-4-14(13)27-17-16-15(9-10-25-18(16)30)28-19(29-17)26-12-7-5-11(24)6-8-12/h1-4,9-12H,5-8,24H2,(H,25,30)(H2,26,27,28,29). The van der Waals surface area contributed by atoms with Gasteiger partial charge in [-0.05, 0) is 43.9 Å². The quantitative estimate of drug-likeness (QED) is 0.514. The average molecular weight is 418 g/mol. The number of pyridine rings is 1. The van der Waals surface area contributed by atoms with Gasteiger partial charge in [0.2, 0.25) is 5.95 Å². The molecular formula is C20H21F3N6O. The van der Waals surface area contributed by atoms with E-state index in [0.29, 0.717) is 5.52 Å². The van der Waals surface area contributed by atoms with E-state index in [4.69, 9.17) is 5.73 Å². The Kier molecular flexibility index (Phi) is 5.33. The van der Waals surface area contributed by atoms with Crippen molar-refractivity contribution in [1.82, 2.24) is 15.0 Å². The van der Waals surface area contributed by atoms with Crippen LogP contribution in [0.4, 0.5) is 30.6 Å². The van der Waals surface area contributed by atoms with Crippen LogP contribution in [0, 0.1) is 0 Å². The van der Waals surface area contributed by atoms with Crippen molar-refractivity contribution < 1.29 is 13.2 Å². The number of fused-ring (bicyclic) bond motifs is 1. The zero-order valence-electron chi connectivity index (χ0n) is 16.0. The number of nitrogens with zero attached hydrogens (tertiary/aromatic N) is 2. The highest BCUT2D eigenvalue weighted by atomic mass is 19.4. The minimum Gasteiger partial charge on any atom is -0.351 e. The van der Waals surface area contributed by atoms with Crippen LogP contribution in [-0.2, 0) is 6.18 Å². The van der Waals surface area contributed by atoms with Crippen molar-refractivity contribution in [3.8, 4) is 0 Å². The Morgan fingerprint density at radius 2 is 1.80 bits per heavy atom. The molecule has 1 fully saturated rings. The molecule has 0 saturated heterocycles. The van der Waals surface area contributed by atoms with Gasteiger partial charge in [0, 0.05) is 18.3 Å². The summed E-state index contributed by atoms with van der Waals surface area (Å²) in [5, 5.41) is 6.02. The molecule has 0 atom stereocenters. The van der Waals surface area contributed by atoms with Crippen molar-refractivity contribution in [2.45, 2.75) is 43.9 Å². The number of anilines is 3. The normalized spacial score (nSPS) is 19.6. The summed E-state index contributed by atoms with van der Waals surface area (Å²) in [5.74, 6) is 0.258. The summed E-state index contributed by atoms with van der Waals surface area (Å²) in [7, 11) is 0. The van der Waals surface area contributed by atoms with Crippen LogP contribution in [-0.4, -0.2) is 27.0 Å². The number of alkyl halides is 3. The molecule has 1 aliphatic rings. The fourth-order valence-electron chi connectivity index (χ4n) is 3.66. The number of nitrogens with one attached hydrogen (secondary N) is 3. The molecule has 158 valence electrons. The Hall–Kier alpha value is -3.14. The maximum Gasteiger partial charge on any atom is 0.418 e. The smallest absolute Gasteiger partial charge is 0.351 e. The third-order valence-electron chi connectivity index (χ3n) is 5.21. The first-order valence-electron chi connectivity index (χ1n) is 9.66. The van der Waals surface area contributed by atoms with Gasteiger partial charge in [-0.25, -0.2) is 4.98 Å². The number of rotatable bonds is 4. The topological polar surface area (TPSA) is 109 Å². The lowest BCUT2D eigenvalue weighted by atomic mass is 9.92. The van der Waals surface area contributed by atoms with Gasteiger partial charge >= 0.3 is 6.18 Å². The zero-order chi connectivity index (χ0) is 21.3. The van der Waals surface area contributed by atoms with Crippen molar-refractivity contribution in [3.05, 3.63) is 52.4 Å². The molecule has 3 aromatic rings. The largest absolute Gasteiger partial charge is 0.418 e. The van der Waals surface area contributed by atoms with Crippen molar-refractivity contribution in [1.29, 1.82) is 0 Å². The fraction of sp³-hybridized carbons (Fsp3) is 0.350. The summed E-state index contributed by atoms with van der Waals surface area (Å²) < 4.78 is 40.2. The van der Waals surface area contributed by atoms with Gasteiger partial charge in [-0.15, -0.1) is 0 Å². The van der Waals surface area contributed by atoms with Crippen molar-refractivity contribution in [2.24, 2.45) is 5.73 Å². The maximum atomic E-state index is 13.4. The molecular weight excluding hydrogens is 397 g/mol. The van der Waals surface area contributed by atoms with Crippen LogP contribution in [0.2, 0.25) is 0 Å². The van der Waals surface area contributed by atoms with E-state index in [2.05, 4.69) is 25.6 Å². The Labute approximate surface area is 169 Å². The van der Waals surface area contributed by atoms with Gasteiger partial charge in [0.05, 0.1) is 16.8 Å². The first-order valence-corrected chi connectivity index (χ1v) is 9.66. The summed E-state index contributed by atoms with van der Waals surface area (Å²) in [5.41, 5.74) is 4.74. The highest BCUT2D eigenvalue weighted by Gasteiger charge is 2.33. The van der Waals surface area contributed by atoms with Crippen molar-refractivity contribution in [3.63, 3.8) is 0 Å². The third kappa shape index (κ3) is 4.23. The molecule has 0 amide bonds. The van der Waals surface area contributed by atoms with Crippen LogP contribution < -0.4 is 21.9 Å². The number of hydrogen-bond donors (Lipinski definition) is 4. The third-order valence-corrected chi connectivity index (χ3v) is 5.21. The number of nitrogens with two attached hydrogens (primary N) is 1. The van der Waals surface area contributed by atoms with E-state index >= 15 is 0 Å². The lowest BCUT2D eigenvalue weighted by Crippen LogP contribution is -2.33. The summed E-state index contributed by atoms with van der Waals surface area (Å²) in [6.45, 7) is 0. The van der Waals surface area contributed by atoms with Gasteiger partial charge in [0.15, 0.2) is 0 Å². The molecule has 0 unspecified atom stereocenters. The molecule has 0 radical (unpaired) electrons. The summed E-state index contributed by atoms with van der Waals surface area (Å²) in [6.07, 6.45) is 0.314. The lowest BCUT2D eigenvalue weighted by Gasteiger charge is -2.27. The molecule has 0 bridgehead atoms. The van der Waals surface area contributed by atoms with Gasteiger partial charge in [-0.1, -0.05) is 12.1 Å². The van der Waals surface area contributed by atoms with Crippen LogP contribution >= 0.6 is 0 Å². The molecule has 30 heavy (non-hydrogen) atoms. The predicted octanol–water partition coefficient (Wildman–Crippen LogP) is 3.76. The highest BCUT2D eigenvalue weighted by Crippen LogP contribution is 2.36. The Balaban J connectivity index is 1.74. The number of hydrogen-bond acceptors (Lipinski definition) is 6. The van der Waals surface area contributed by atoms with Crippen LogP contribution in [0.5, 0.6) is 0 Å². The molecule has 0 spiro atoms. The van der Waals surface area contributed by atoms with E-state index in [1.807, 2.05) is 0 Å². The molecule has 1 aromatic carbocycles. The second-order valence-corrected chi connectivity index (χ2v) is 7.39. The predicted molar refractivity (Wildman–Crippen MR) is 109 cm³/mol. The number of benzene rings is 1. The van der Waals surface area contributed by atoms with E-state index in [-0.39, 0.29) is 34.9 Å². The van der Waals surface area contributed by atoms with Crippen molar-refractivity contribution >= 4 is 28.4 Å². The van der Waals surface area contributed by atoms with Crippen LogP contribution in [0.15, 0.2) is 41.3 Å². The van der Waals surface area contributed by atoms with E-state index < -0.39 is 17.3 Å². The molecule has 10 heteroatoms. The van der Waals surface area contributed by atoms with E-state index in [1.165, 1.54) is 24.4 Å². The number of H-pyrrole nitrogens is 1. The molecule has 1 saturated carbocycles. The second kappa shape index (κ2) is 7.94. The molecule has 2 heterocycles. The van der Waals surface area contributed by atoms with Crippen molar-refractivity contribution in [2.75, 3.05) is 10.6 Å². The Bertz CT molecular complexity index is 1110. The van der Waals surface area contributed by atoms with Gasteiger partial charge in [0.1, 0.15) is 11.2 Å². The Morgan fingerprint density at radius 1 is 1.07 bits per heavy atom. The second-order valence-electron chi connectivity index (χ2n) is 7.39. The average Bonchev–Trinajstić information content (AvgIpc) is 2.69. The van der Waals surface area contributed by atoms with Gasteiger partial charge in [-0.3, -0.25) is 4.79 Å². The number of halogens is 3. The van der Waals surface area contributed by atoms with Gasteiger partial charge < -0.3 is 21.4 Å². The monoisotopic (exact) mass is 418 g/mol. The first kappa shape index (κ1) is 20.1. The number of aromatic nitrogens is 3. The van der Waals surface area contributed by atoms with Gasteiger partial charge in [0.25, 0.3) is 5.56 Å². The molecule has 4 rings (SSSR count). The van der Waals surface area contributed by atoms with Crippen LogP contribution in [0.25, 0.3) is 10.9 Å². The molecule has 7 nitrogen and oxygen atoms in total. The van der Waals surface area contributed by atoms with Crippen LogP contribution in [0.3, 0.4) is 0 Å². The zero-order valence-corrected chi connectivity index (χ0v) is 16.0. The first-order chi connectivity index (χ1) is 14.3. The fourth-order valence-corrected chi connectivity index (χ4v) is 3.66. The molecule has 0 aliphatic heterocycles. The minimum atomic E-state index is -4.55. The maximum absolute atomic E-state index is 13.4. The van der Waals surface area contributed by atoms with E-state index in [9.17, 15) is 18.0 Å². The summed E-state index contributed by atoms with van der Waals surface area (Å²) >= 11 is 0. The SMILES string of the molecule is NC1CCC(Nc2nc(Nc3ccccc3C(F)(F)F)c3c(=O)[nH]ccc3n2)CC1. The van der Waals surface area contributed by atoms with Gasteiger partial charge in [-0.2, -0.15) is 18.2 Å². The Morgan fingerprint density at radius 3 is 2.53 bits per heavy atom. The summed E-state index contributed by atoms with van der Waals surface area (Å²) in [6, 6.07) is 6.93. The molecule has 2 aromatic heterocycles. The molecule has 5 N–H and O–H groups in total. The molecule has 1 aliphatic carbocycles. The van der Waals surface area contributed by atoms with E-state index in [0.717, 1.165) is 31.7 Å². The lowest BCUT2D eigenvalue weighted by molar-refractivity contribution is -0.136. The van der Waals surface area contributed by atoms with E-state index in [1.54, 1.807) is 6.07 Å². The minimum absolute atomic E-state index is 0.00793. The number of para-hydroxylation sites is 1. The number of aromatic amines is 1. The van der Waals surface area contributed by atoms with Crippen LogP contribution in [0.1, 0.15) is 31.2 Å².